The Hall–Kier alpha value is -4.32. The minimum atomic E-state index is -0.300. The maximum Gasteiger partial charge on any atom is 0.144 e. The Morgan fingerprint density at radius 3 is 2.84 bits per heavy atom. The fourth-order valence-corrected chi connectivity index (χ4v) is 4.92. The van der Waals surface area contributed by atoms with Crippen LogP contribution in [0.1, 0.15) is 47.7 Å². The zero-order valence-corrected chi connectivity index (χ0v) is 20.8. The van der Waals surface area contributed by atoms with Gasteiger partial charge >= 0.3 is 0 Å². The van der Waals surface area contributed by atoms with E-state index < -0.39 is 0 Å². The molecule has 0 saturated carbocycles. The van der Waals surface area contributed by atoms with Gasteiger partial charge in [0.1, 0.15) is 11.6 Å². The zero-order chi connectivity index (χ0) is 25.2. The van der Waals surface area contributed by atoms with Gasteiger partial charge in [-0.25, -0.2) is 14.4 Å². The van der Waals surface area contributed by atoms with Gasteiger partial charge in [-0.05, 0) is 67.8 Å². The van der Waals surface area contributed by atoms with Crippen LogP contribution in [0, 0.1) is 12.7 Å². The molecule has 0 unspecified atom stereocenters. The molecule has 0 atom stereocenters. The van der Waals surface area contributed by atoms with Crippen LogP contribution in [-0.2, 0) is 13.0 Å². The van der Waals surface area contributed by atoms with E-state index in [9.17, 15) is 4.39 Å². The Bertz CT molecular complexity index is 1520. The minimum absolute atomic E-state index is 0.300. The van der Waals surface area contributed by atoms with E-state index in [2.05, 4.69) is 75.7 Å². The number of nitrogens with zero attached hydrogens (tertiary/aromatic N) is 4. The lowest BCUT2D eigenvalue weighted by atomic mass is 9.94. The lowest BCUT2D eigenvalue weighted by Gasteiger charge is -2.19. The van der Waals surface area contributed by atoms with Crippen molar-refractivity contribution in [2.75, 3.05) is 0 Å². The van der Waals surface area contributed by atoms with E-state index in [0.717, 1.165) is 83.1 Å². The second-order valence-electron chi connectivity index (χ2n) is 9.42. The van der Waals surface area contributed by atoms with Crippen LogP contribution >= 0.6 is 0 Å². The van der Waals surface area contributed by atoms with Gasteiger partial charge in [0.25, 0.3) is 0 Å². The highest BCUT2D eigenvalue weighted by Crippen LogP contribution is 2.30. The van der Waals surface area contributed by atoms with E-state index in [1.807, 2.05) is 12.4 Å². The Morgan fingerprint density at radius 2 is 1.92 bits per heavy atom. The van der Waals surface area contributed by atoms with Crippen LogP contribution in [-0.4, -0.2) is 19.5 Å². The van der Waals surface area contributed by atoms with Crippen molar-refractivity contribution in [3.63, 3.8) is 0 Å². The van der Waals surface area contributed by atoms with Gasteiger partial charge < -0.3 is 9.88 Å². The van der Waals surface area contributed by atoms with Gasteiger partial charge in [-0.15, -0.1) is 0 Å². The second-order valence-corrected chi connectivity index (χ2v) is 9.42. The van der Waals surface area contributed by atoms with Crippen molar-refractivity contribution in [2.45, 2.75) is 39.2 Å². The van der Waals surface area contributed by atoms with Crippen LogP contribution in [0.25, 0.3) is 29.1 Å². The first kappa shape index (κ1) is 23.1. The van der Waals surface area contributed by atoms with Gasteiger partial charge in [0.2, 0.25) is 0 Å². The number of halogens is 1. The van der Waals surface area contributed by atoms with Gasteiger partial charge in [-0.2, -0.15) is 0 Å². The topological polar surface area (TPSA) is 55.6 Å². The molecule has 0 spiro atoms. The number of rotatable bonds is 3. The summed E-state index contributed by atoms with van der Waals surface area (Å²) in [5.74, 6) is 0.838. The molecule has 0 bridgehead atoms. The molecule has 37 heavy (non-hydrogen) atoms. The van der Waals surface area contributed by atoms with E-state index in [0.29, 0.717) is 5.69 Å². The first-order chi connectivity index (χ1) is 18.2. The number of fused-ring (bicyclic) bond motifs is 2. The summed E-state index contributed by atoms with van der Waals surface area (Å²) in [5.41, 5.74) is 8.13. The van der Waals surface area contributed by atoms with E-state index in [1.54, 1.807) is 13.0 Å². The van der Waals surface area contributed by atoms with Gasteiger partial charge in [0.05, 0.1) is 28.5 Å². The fourth-order valence-electron chi connectivity index (χ4n) is 4.92. The molecule has 184 valence electrons. The smallest absolute Gasteiger partial charge is 0.144 e. The Kier molecular flexibility index (Phi) is 6.23. The molecule has 1 aliphatic carbocycles. The van der Waals surface area contributed by atoms with Crippen molar-refractivity contribution in [1.29, 1.82) is 0 Å². The van der Waals surface area contributed by atoms with Crippen molar-refractivity contribution in [2.24, 2.45) is 0 Å². The van der Waals surface area contributed by atoms with Crippen LogP contribution in [0.5, 0.6) is 0 Å². The molecule has 5 nitrogen and oxygen atoms in total. The number of allylic oxidation sites excluding steroid dienone is 8. The Balaban J connectivity index is 1.31. The number of imidazole rings is 1. The van der Waals surface area contributed by atoms with Crippen LogP contribution in [0.2, 0.25) is 0 Å². The standard InChI is InChI=1S/C31H28FN5/c1-21-26(32)13-15-28(35-21)31-25(10-7-16-33-31)22-8-6-9-23-18-24(19-34-27(23)14-12-22)29-20-37-17-5-3-2-4-11-30(37)36-29/h2-3,6-9,12-16,18-20,33H,4-5,10-11,17H2,1H3/b3-2+,8-6?,9-6+,14-12?,22-8?,22-12?,23-9?,27-14?. The maximum absolute atomic E-state index is 13.8. The lowest BCUT2D eigenvalue weighted by molar-refractivity contribution is 0.609. The number of nitrogens with one attached hydrogen (secondary N) is 1. The number of hydrogen-bond acceptors (Lipinski definition) is 4. The summed E-state index contributed by atoms with van der Waals surface area (Å²) in [5, 5.41) is 3.33. The molecule has 3 aromatic heterocycles. The fraction of sp³-hybridized carbons (Fsp3) is 0.194. The number of hydrogen-bond donors (Lipinski definition) is 1. The average Bonchev–Trinajstić information content (AvgIpc) is 3.28. The molecule has 6 heteroatoms. The third-order valence-corrected chi connectivity index (χ3v) is 6.91. The summed E-state index contributed by atoms with van der Waals surface area (Å²) in [6, 6.07) is 5.36. The van der Waals surface area contributed by atoms with E-state index in [-0.39, 0.29) is 5.82 Å². The third kappa shape index (κ3) is 4.75. The highest BCUT2D eigenvalue weighted by atomic mass is 19.1. The zero-order valence-electron chi connectivity index (χ0n) is 20.8. The van der Waals surface area contributed by atoms with Crippen molar-refractivity contribution in [1.82, 2.24) is 24.8 Å². The van der Waals surface area contributed by atoms with Crippen LogP contribution < -0.4 is 5.32 Å². The van der Waals surface area contributed by atoms with Gasteiger partial charge in [-0.3, -0.25) is 4.98 Å². The van der Waals surface area contributed by atoms with E-state index in [4.69, 9.17) is 9.97 Å². The van der Waals surface area contributed by atoms with E-state index >= 15 is 0 Å². The van der Waals surface area contributed by atoms with Crippen molar-refractivity contribution in [3.05, 3.63) is 119 Å². The maximum atomic E-state index is 13.8. The summed E-state index contributed by atoms with van der Waals surface area (Å²) in [4.78, 5) is 14.2. The van der Waals surface area contributed by atoms with Crippen LogP contribution in [0.4, 0.5) is 4.39 Å². The Labute approximate surface area is 216 Å². The summed E-state index contributed by atoms with van der Waals surface area (Å²) in [6.07, 6.45) is 26.8. The second kappa shape index (κ2) is 9.97. The predicted molar refractivity (Wildman–Crippen MR) is 146 cm³/mol. The molecular weight excluding hydrogens is 461 g/mol. The van der Waals surface area contributed by atoms with Gasteiger partial charge in [0, 0.05) is 36.5 Å². The van der Waals surface area contributed by atoms with Crippen molar-refractivity contribution in [3.8, 4) is 11.3 Å². The van der Waals surface area contributed by atoms with E-state index in [1.165, 1.54) is 6.07 Å². The first-order valence-electron chi connectivity index (χ1n) is 12.7. The molecule has 0 radical (unpaired) electrons. The average molecular weight is 490 g/mol. The molecular formula is C31H28FN5. The van der Waals surface area contributed by atoms with Crippen LogP contribution in [0.3, 0.4) is 0 Å². The molecule has 3 aliphatic rings. The third-order valence-electron chi connectivity index (χ3n) is 6.91. The quantitative estimate of drug-likeness (QED) is 0.423. The normalized spacial score (nSPS) is 18.5. The largest absolute Gasteiger partial charge is 0.360 e. The molecule has 0 amide bonds. The highest BCUT2D eigenvalue weighted by molar-refractivity contribution is 5.77. The number of dihydropyridines is 1. The molecule has 6 rings (SSSR count). The molecule has 5 heterocycles. The molecule has 2 aliphatic heterocycles. The summed E-state index contributed by atoms with van der Waals surface area (Å²) >= 11 is 0. The molecule has 0 fully saturated rings. The molecule has 3 aromatic rings. The highest BCUT2D eigenvalue weighted by Gasteiger charge is 2.17. The van der Waals surface area contributed by atoms with Gasteiger partial charge in [-0.1, -0.05) is 42.5 Å². The van der Waals surface area contributed by atoms with Crippen molar-refractivity contribution < 1.29 is 4.39 Å². The minimum Gasteiger partial charge on any atom is -0.360 e. The number of aryl methyl sites for hydroxylation is 3. The van der Waals surface area contributed by atoms with Crippen molar-refractivity contribution >= 4 is 17.8 Å². The molecule has 0 aromatic carbocycles. The monoisotopic (exact) mass is 489 g/mol. The summed E-state index contributed by atoms with van der Waals surface area (Å²) in [7, 11) is 0. The summed E-state index contributed by atoms with van der Waals surface area (Å²) < 4.78 is 16.1. The number of aromatic nitrogens is 4. The SMILES string of the molecule is Cc1nc(C2=C(C3=C/C=C/c4cc(-c5cn6c(n5)CC/C=C/CC6)cnc4C=C3)CC=CN2)ccc1F. The predicted octanol–water partition coefficient (Wildman–Crippen LogP) is 6.56. The van der Waals surface area contributed by atoms with Gasteiger partial charge in [0.15, 0.2) is 0 Å². The molecule has 0 saturated heterocycles. The number of pyridine rings is 2. The molecule has 1 N–H and O–H groups in total. The summed E-state index contributed by atoms with van der Waals surface area (Å²) in [6.45, 7) is 2.65. The first-order valence-corrected chi connectivity index (χ1v) is 12.7. The lowest BCUT2D eigenvalue weighted by Crippen LogP contribution is -2.14. The Morgan fingerprint density at radius 1 is 1.00 bits per heavy atom. The van der Waals surface area contributed by atoms with Crippen LogP contribution in [0.15, 0.2) is 84.4 Å².